The number of carbonyl (C=O) groups is 1. The number of allylic oxidation sites excluding steroid dienone is 3. The summed E-state index contributed by atoms with van der Waals surface area (Å²) in [6.45, 7) is 3.45. The molecular formula is C20H21N3O4. The molecule has 7 heteroatoms. The van der Waals surface area contributed by atoms with Crippen LogP contribution >= 0.6 is 0 Å². The fourth-order valence-corrected chi connectivity index (χ4v) is 3.84. The SMILES string of the molecule is CC1=C(C#N)C(c2ccccc2[N+](=O)[O-])C(C(=O)OC2CCCC2)=C(C)N1. The zero-order valence-corrected chi connectivity index (χ0v) is 15.3. The Morgan fingerprint density at radius 2 is 1.93 bits per heavy atom. The van der Waals surface area contributed by atoms with Crippen molar-refractivity contribution in [2.45, 2.75) is 51.6 Å². The summed E-state index contributed by atoms with van der Waals surface area (Å²) in [6, 6.07) is 8.34. The zero-order chi connectivity index (χ0) is 19.6. The predicted octanol–water partition coefficient (Wildman–Crippen LogP) is 3.84. The van der Waals surface area contributed by atoms with E-state index in [0.29, 0.717) is 17.0 Å². The zero-order valence-electron chi connectivity index (χ0n) is 15.3. The standard InChI is InChI=1S/C20H21N3O4/c1-12-16(11-21)19(15-9-5-6-10-17(15)23(25)26)18(13(2)22-12)20(24)27-14-7-3-4-8-14/h5-6,9-10,14,19,22H,3-4,7-8H2,1-2H3. The molecule has 2 aliphatic rings. The molecule has 0 aromatic heterocycles. The first-order chi connectivity index (χ1) is 12.9. The summed E-state index contributed by atoms with van der Waals surface area (Å²) in [5.41, 5.74) is 1.88. The number of para-hydroxylation sites is 1. The molecule has 0 saturated heterocycles. The molecule has 140 valence electrons. The van der Waals surface area contributed by atoms with Crippen molar-refractivity contribution in [1.29, 1.82) is 5.26 Å². The van der Waals surface area contributed by atoms with Gasteiger partial charge in [-0.05, 0) is 39.5 Å². The Balaban J connectivity index is 2.10. The Kier molecular flexibility index (Phi) is 5.26. The molecule has 27 heavy (non-hydrogen) atoms. The molecule has 1 heterocycles. The fraction of sp³-hybridized carbons (Fsp3) is 0.400. The highest BCUT2D eigenvalue weighted by Gasteiger charge is 2.38. The van der Waals surface area contributed by atoms with Gasteiger partial charge in [-0.2, -0.15) is 5.26 Å². The lowest BCUT2D eigenvalue weighted by Gasteiger charge is -2.29. The minimum Gasteiger partial charge on any atom is -0.459 e. The monoisotopic (exact) mass is 367 g/mol. The van der Waals surface area contributed by atoms with Gasteiger partial charge in [0.2, 0.25) is 0 Å². The van der Waals surface area contributed by atoms with Crippen LogP contribution in [0.4, 0.5) is 5.69 Å². The van der Waals surface area contributed by atoms with E-state index in [1.54, 1.807) is 32.0 Å². The molecular weight excluding hydrogens is 346 g/mol. The number of nitrogens with one attached hydrogen (secondary N) is 1. The number of rotatable bonds is 4. The number of hydrogen-bond donors (Lipinski definition) is 1. The van der Waals surface area contributed by atoms with E-state index in [2.05, 4.69) is 11.4 Å². The molecule has 1 atom stereocenters. The van der Waals surface area contributed by atoms with E-state index in [4.69, 9.17) is 4.74 Å². The molecule has 1 saturated carbocycles. The van der Waals surface area contributed by atoms with Crippen LogP contribution in [-0.4, -0.2) is 17.0 Å². The smallest absolute Gasteiger partial charge is 0.337 e. The van der Waals surface area contributed by atoms with Gasteiger partial charge in [0, 0.05) is 23.0 Å². The van der Waals surface area contributed by atoms with E-state index in [-0.39, 0.29) is 22.9 Å². The summed E-state index contributed by atoms with van der Waals surface area (Å²) >= 11 is 0. The van der Waals surface area contributed by atoms with Crippen LogP contribution in [0.2, 0.25) is 0 Å². The average Bonchev–Trinajstić information content (AvgIpc) is 3.13. The lowest BCUT2D eigenvalue weighted by Crippen LogP contribution is -2.30. The molecule has 1 aromatic rings. The first kappa shape index (κ1) is 18.6. The van der Waals surface area contributed by atoms with Crippen molar-refractivity contribution in [3.8, 4) is 6.07 Å². The Morgan fingerprint density at radius 1 is 1.26 bits per heavy atom. The predicted molar refractivity (Wildman–Crippen MR) is 98.3 cm³/mol. The van der Waals surface area contributed by atoms with Crippen LogP contribution < -0.4 is 5.32 Å². The van der Waals surface area contributed by atoms with Gasteiger partial charge in [0.05, 0.1) is 28.1 Å². The summed E-state index contributed by atoms with van der Waals surface area (Å²) in [4.78, 5) is 24.0. The molecule has 1 fully saturated rings. The number of carbonyl (C=O) groups excluding carboxylic acids is 1. The van der Waals surface area contributed by atoms with Crippen LogP contribution in [0, 0.1) is 21.4 Å². The molecule has 1 aliphatic carbocycles. The molecule has 0 radical (unpaired) electrons. The molecule has 1 aliphatic heterocycles. The molecule has 7 nitrogen and oxygen atoms in total. The van der Waals surface area contributed by atoms with E-state index >= 15 is 0 Å². The average molecular weight is 367 g/mol. The van der Waals surface area contributed by atoms with E-state index in [9.17, 15) is 20.2 Å². The number of nitro benzene ring substituents is 1. The van der Waals surface area contributed by atoms with Crippen LogP contribution in [0.25, 0.3) is 0 Å². The van der Waals surface area contributed by atoms with Crippen LogP contribution in [0.5, 0.6) is 0 Å². The van der Waals surface area contributed by atoms with Gasteiger partial charge < -0.3 is 10.1 Å². The van der Waals surface area contributed by atoms with Gasteiger partial charge in [-0.15, -0.1) is 0 Å². The molecule has 0 bridgehead atoms. The van der Waals surface area contributed by atoms with Crippen molar-refractivity contribution < 1.29 is 14.5 Å². The Hall–Kier alpha value is -3.14. The Bertz CT molecular complexity index is 889. The first-order valence-corrected chi connectivity index (χ1v) is 8.97. The van der Waals surface area contributed by atoms with E-state index in [1.807, 2.05) is 0 Å². The molecule has 0 spiro atoms. The summed E-state index contributed by atoms with van der Waals surface area (Å²) < 4.78 is 5.66. The Morgan fingerprint density at radius 3 is 2.56 bits per heavy atom. The minimum atomic E-state index is -0.827. The minimum absolute atomic E-state index is 0.121. The topological polar surface area (TPSA) is 105 Å². The van der Waals surface area contributed by atoms with Crippen LogP contribution in [0.15, 0.2) is 46.8 Å². The number of dihydropyridines is 1. The molecule has 1 unspecified atom stereocenters. The molecule has 1 aromatic carbocycles. The van der Waals surface area contributed by atoms with Gasteiger partial charge in [0.15, 0.2) is 0 Å². The summed E-state index contributed by atoms with van der Waals surface area (Å²) in [5, 5.41) is 24.3. The first-order valence-electron chi connectivity index (χ1n) is 8.97. The van der Waals surface area contributed by atoms with Crippen LogP contribution in [-0.2, 0) is 9.53 Å². The van der Waals surface area contributed by atoms with Crippen molar-refractivity contribution in [2.24, 2.45) is 0 Å². The van der Waals surface area contributed by atoms with Gasteiger partial charge >= 0.3 is 5.97 Å². The van der Waals surface area contributed by atoms with E-state index in [1.165, 1.54) is 6.07 Å². The number of nitriles is 1. The highest BCUT2D eigenvalue weighted by atomic mass is 16.6. The third-order valence-corrected chi connectivity index (χ3v) is 5.12. The number of esters is 1. The fourth-order valence-electron chi connectivity index (χ4n) is 3.84. The van der Waals surface area contributed by atoms with Crippen molar-refractivity contribution in [3.63, 3.8) is 0 Å². The number of nitrogens with zero attached hydrogens (tertiary/aromatic N) is 2. The second-order valence-electron chi connectivity index (χ2n) is 6.87. The summed E-state index contributed by atoms with van der Waals surface area (Å²) in [5.74, 6) is -1.35. The third kappa shape index (κ3) is 3.56. The van der Waals surface area contributed by atoms with Gasteiger partial charge in [0.1, 0.15) is 6.10 Å². The third-order valence-electron chi connectivity index (χ3n) is 5.12. The van der Waals surface area contributed by atoms with Crippen molar-refractivity contribution in [2.75, 3.05) is 0 Å². The number of ether oxygens (including phenoxy) is 1. The van der Waals surface area contributed by atoms with Crippen LogP contribution in [0.1, 0.15) is 51.0 Å². The lowest BCUT2D eigenvalue weighted by atomic mass is 9.80. The maximum atomic E-state index is 13.0. The molecule has 1 N–H and O–H groups in total. The van der Waals surface area contributed by atoms with Crippen molar-refractivity contribution in [3.05, 3.63) is 62.5 Å². The van der Waals surface area contributed by atoms with Crippen molar-refractivity contribution in [1.82, 2.24) is 5.32 Å². The van der Waals surface area contributed by atoms with E-state index in [0.717, 1.165) is 25.7 Å². The van der Waals surface area contributed by atoms with Gasteiger partial charge in [-0.1, -0.05) is 18.2 Å². The lowest BCUT2D eigenvalue weighted by molar-refractivity contribution is -0.385. The second-order valence-corrected chi connectivity index (χ2v) is 6.87. The highest BCUT2D eigenvalue weighted by Crippen LogP contribution is 2.42. The maximum Gasteiger partial charge on any atom is 0.337 e. The highest BCUT2D eigenvalue weighted by molar-refractivity contribution is 5.93. The normalized spacial score (nSPS) is 20.3. The number of hydrogen-bond acceptors (Lipinski definition) is 6. The quantitative estimate of drug-likeness (QED) is 0.492. The number of benzene rings is 1. The molecule has 0 amide bonds. The van der Waals surface area contributed by atoms with Gasteiger partial charge in [-0.3, -0.25) is 10.1 Å². The Labute approximate surface area is 157 Å². The number of nitro groups is 1. The summed E-state index contributed by atoms with van der Waals surface area (Å²) in [6.07, 6.45) is 3.54. The maximum absolute atomic E-state index is 13.0. The van der Waals surface area contributed by atoms with Crippen molar-refractivity contribution >= 4 is 11.7 Å². The van der Waals surface area contributed by atoms with Gasteiger partial charge in [-0.25, -0.2) is 4.79 Å². The van der Waals surface area contributed by atoms with Gasteiger partial charge in [0.25, 0.3) is 5.69 Å². The molecule has 3 rings (SSSR count). The van der Waals surface area contributed by atoms with Crippen LogP contribution in [0.3, 0.4) is 0 Å². The van der Waals surface area contributed by atoms with E-state index < -0.39 is 16.8 Å². The largest absolute Gasteiger partial charge is 0.459 e. The summed E-state index contributed by atoms with van der Waals surface area (Å²) in [7, 11) is 0. The second kappa shape index (κ2) is 7.62.